The van der Waals surface area contributed by atoms with Crippen molar-refractivity contribution in [1.82, 2.24) is 0 Å². The lowest BCUT2D eigenvalue weighted by molar-refractivity contribution is -0.152. The molecule has 2 aromatic carbocycles. The molecule has 42 heavy (non-hydrogen) atoms. The second-order valence-electron chi connectivity index (χ2n) is 16.0. The molecule has 0 aliphatic carbocycles. The first-order chi connectivity index (χ1) is 19.0. The third-order valence-electron chi connectivity index (χ3n) is 8.66. The minimum Gasteiger partial charge on any atom is -0.507 e. The van der Waals surface area contributed by atoms with Crippen LogP contribution in [0.25, 0.3) is 0 Å². The van der Waals surface area contributed by atoms with Crippen LogP contribution >= 0.6 is 0 Å². The van der Waals surface area contributed by atoms with Gasteiger partial charge in [-0.25, -0.2) is 0 Å². The lowest BCUT2D eigenvalue weighted by Crippen LogP contribution is -2.42. The number of phenols is 2. The maximum absolute atomic E-state index is 13.9. The van der Waals surface area contributed by atoms with Crippen molar-refractivity contribution >= 4 is 5.97 Å². The Balaban J connectivity index is 3.31. The Kier molecular flexibility index (Phi) is 10.4. The van der Waals surface area contributed by atoms with E-state index < -0.39 is 11.3 Å². The van der Waals surface area contributed by atoms with Crippen LogP contribution in [0.15, 0.2) is 24.3 Å². The van der Waals surface area contributed by atoms with E-state index in [0.717, 1.165) is 33.4 Å². The monoisotopic (exact) mass is 582 g/mol. The van der Waals surface area contributed by atoms with Crippen molar-refractivity contribution in [2.45, 2.75) is 137 Å². The second kappa shape index (κ2) is 12.2. The fourth-order valence-corrected chi connectivity index (χ4v) is 6.26. The maximum Gasteiger partial charge on any atom is 0.310 e. The zero-order chi connectivity index (χ0) is 32.6. The van der Waals surface area contributed by atoms with Gasteiger partial charge in [-0.05, 0) is 67.9 Å². The second-order valence-corrected chi connectivity index (χ2v) is 16.0. The van der Waals surface area contributed by atoms with Gasteiger partial charge in [0.2, 0.25) is 0 Å². The van der Waals surface area contributed by atoms with Gasteiger partial charge < -0.3 is 20.1 Å². The SMILES string of the molecule is CCC(C(=O)OCCO)C(CC)(c1cc(C(C)(C)C)c(O)c(C(C)(C)C)c1)c1cc(C(C)(C)C)c(O)c(C(C)(C)C)c1. The summed E-state index contributed by atoms with van der Waals surface area (Å²) in [6.07, 6.45) is 1.08. The van der Waals surface area contributed by atoms with Gasteiger partial charge in [0.05, 0.1) is 12.5 Å². The molecule has 2 rings (SSSR count). The summed E-state index contributed by atoms with van der Waals surface area (Å²) in [4.78, 5) is 13.9. The molecule has 236 valence electrons. The van der Waals surface area contributed by atoms with Crippen LogP contribution in [0.3, 0.4) is 0 Å². The van der Waals surface area contributed by atoms with Crippen LogP contribution in [0.4, 0.5) is 0 Å². The molecule has 0 radical (unpaired) electrons. The molecule has 0 amide bonds. The quantitative estimate of drug-likeness (QED) is 0.272. The molecule has 0 saturated carbocycles. The minimum absolute atomic E-state index is 0.0682. The van der Waals surface area contributed by atoms with E-state index in [2.05, 4.69) is 114 Å². The summed E-state index contributed by atoms with van der Waals surface area (Å²) >= 11 is 0. The van der Waals surface area contributed by atoms with Gasteiger partial charge >= 0.3 is 5.97 Å². The molecule has 0 aliphatic heterocycles. The Bertz CT molecular complexity index is 1110. The molecular weight excluding hydrogens is 524 g/mol. The van der Waals surface area contributed by atoms with Crippen molar-refractivity contribution in [3.63, 3.8) is 0 Å². The summed E-state index contributed by atoms with van der Waals surface area (Å²) in [5, 5.41) is 32.7. The number of ether oxygens (including phenoxy) is 1. The number of hydrogen-bond donors (Lipinski definition) is 3. The molecule has 0 spiro atoms. The van der Waals surface area contributed by atoms with Crippen molar-refractivity contribution in [1.29, 1.82) is 0 Å². The summed E-state index contributed by atoms with van der Waals surface area (Å²) in [6.45, 7) is 28.9. The number of aromatic hydroxyl groups is 2. The van der Waals surface area contributed by atoms with E-state index in [0.29, 0.717) is 12.8 Å². The number of phenolic OH excluding ortho intramolecular Hbond substituents is 2. The first-order valence-corrected chi connectivity index (χ1v) is 15.5. The Morgan fingerprint density at radius 3 is 1.19 bits per heavy atom. The topological polar surface area (TPSA) is 87.0 Å². The van der Waals surface area contributed by atoms with E-state index >= 15 is 0 Å². The molecule has 2 aromatic rings. The lowest BCUT2D eigenvalue weighted by Gasteiger charge is -2.43. The molecule has 0 fully saturated rings. The van der Waals surface area contributed by atoms with Crippen molar-refractivity contribution in [2.24, 2.45) is 5.92 Å². The zero-order valence-electron chi connectivity index (χ0n) is 28.9. The third-order valence-corrected chi connectivity index (χ3v) is 8.66. The first-order valence-electron chi connectivity index (χ1n) is 15.5. The van der Waals surface area contributed by atoms with E-state index in [1.54, 1.807) is 0 Å². The highest BCUT2D eigenvalue weighted by Crippen LogP contribution is 2.52. The number of hydrogen-bond acceptors (Lipinski definition) is 5. The Labute approximate surface area is 255 Å². The fourth-order valence-electron chi connectivity index (χ4n) is 6.26. The largest absolute Gasteiger partial charge is 0.507 e. The molecule has 0 saturated heterocycles. The number of carbonyl (C=O) groups is 1. The molecule has 3 N–H and O–H groups in total. The van der Waals surface area contributed by atoms with Gasteiger partial charge in [0.25, 0.3) is 0 Å². The van der Waals surface area contributed by atoms with Crippen LogP contribution in [0, 0.1) is 5.92 Å². The van der Waals surface area contributed by atoms with Gasteiger partial charge in [-0.3, -0.25) is 4.79 Å². The summed E-state index contributed by atoms with van der Waals surface area (Å²) in [6, 6.07) is 8.32. The molecule has 1 unspecified atom stereocenters. The number of benzene rings is 2. The number of esters is 1. The number of aliphatic hydroxyl groups excluding tert-OH is 1. The molecule has 0 aliphatic rings. The molecule has 0 aromatic heterocycles. The summed E-state index contributed by atoms with van der Waals surface area (Å²) in [5.41, 5.74) is 2.90. The molecule has 0 bridgehead atoms. The van der Waals surface area contributed by atoms with E-state index in [1.807, 2.05) is 6.92 Å². The summed E-state index contributed by atoms with van der Waals surface area (Å²) in [5.74, 6) is -0.365. The number of aliphatic hydroxyl groups is 1. The average molecular weight is 583 g/mol. The van der Waals surface area contributed by atoms with Crippen LogP contribution in [0.5, 0.6) is 11.5 Å². The van der Waals surface area contributed by atoms with E-state index in [1.165, 1.54) is 0 Å². The maximum atomic E-state index is 13.9. The van der Waals surface area contributed by atoms with E-state index in [-0.39, 0.29) is 52.3 Å². The Morgan fingerprint density at radius 2 is 0.976 bits per heavy atom. The highest BCUT2D eigenvalue weighted by molar-refractivity contribution is 5.77. The first kappa shape index (κ1) is 35.7. The standard InChI is InChI=1S/C37H58O5/c1-15-25(32(41)42-18-17-38)37(16-2,23-19-26(33(3,4)5)30(39)27(20-23)34(6,7)8)24-21-28(35(9,10)11)31(40)29(22-24)36(12,13)14/h19-22,25,38-40H,15-18H2,1-14H3. The molecule has 5 nitrogen and oxygen atoms in total. The average Bonchev–Trinajstić information content (AvgIpc) is 2.83. The van der Waals surface area contributed by atoms with Crippen LogP contribution < -0.4 is 0 Å². The highest BCUT2D eigenvalue weighted by atomic mass is 16.5. The Morgan fingerprint density at radius 1 is 0.667 bits per heavy atom. The van der Waals surface area contributed by atoms with Crippen LogP contribution in [0.1, 0.15) is 143 Å². The van der Waals surface area contributed by atoms with Gasteiger partial charge in [0.15, 0.2) is 0 Å². The smallest absolute Gasteiger partial charge is 0.310 e. The molecular formula is C37H58O5. The zero-order valence-corrected chi connectivity index (χ0v) is 28.9. The molecule has 5 heteroatoms. The third kappa shape index (κ3) is 6.98. The minimum atomic E-state index is -0.845. The normalized spacial score (nSPS) is 14.2. The predicted molar refractivity (Wildman–Crippen MR) is 174 cm³/mol. The summed E-state index contributed by atoms with van der Waals surface area (Å²) < 4.78 is 5.64. The van der Waals surface area contributed by atoms with Gasteiger partial charge in [-0.2, -0.15) is 0 Å². The van der Waals surface area contributed by atoms with Crippen LogP contribution in [0.2, 0.25) is 0 Å². The van der Waals surface area contributed by atoms with Crippen molar-refractivity contribution in [2.75, 3.05) is 13.2 Å². The van der Waals surface area contributed by atoms with Crippen LogP contribution in [-0.4, -0.2) is 34.5 Å². The lowest BCUT2D eigenvalue weighted by atomic mass is 9.60. The number of rotatable bonds is 8. The van der Waals surface area contributed by atoms with E-state index in [4.69, 9.17) is 4.74 Å². The number of carbonyl (C=O) groups excluding carboxylic acids is 1. The highest BCUT2D eigenvalue weighted by Gasteiger charge is 2.47. The van der Waals surface area contributed by atoms with Gasteiger partial charge in [0.1, 0.15) is 18.1 Å². The van der Waals surface area contributed by atoms with Crippen molar-refractivity contribution in [3.05, 3.63) is 57.6 Å². The van der Waals surface area contributed by atoms with Gasteiger partial charge in [-0.15, -0.1) is 0 Å². The van der Waals surface area contributed by atoms with Gasteiger partial charge in [0, 0.05) is 5.41 Å². The molecule has 1 atom stereocenters. The van der Waals surface area contributed by atoms with Crippen molar-refractivity contribution < 1.29 is 24.9 Å². The van der Waals surface area contributed by atoms with Crippen LogP contribution in [-0.2, 0) is 36.6 Å². The van der Waals surface area contributed by atoms with Gasteiger partial charge in [-0.1, -0.05) is 121 Å². The fraction of sp³-hybridized carbons (Fsp3) is 0.649. The predicted octanol–water partition coefficient (Wildman–Crippen LogP) is 8.55. The van der Waals surface area contributed by atoms with E-state index in [9.17, 15) is 20.1 Å². The van der Waals surface area contributed by atoms with Crippen molar-refractivity contribution in [3.8, 4) is 11.5 Å². The molecule has 0 heterocycles. The summed E-state index contributed by atoms with van der Waals surface area (Å²) in [7, 11) is 0. The Hall–Kier alpha value is -2.53.